The van der Waals surface area contributed by atoms with E-state index >= 15 is 0 Å². The first-order valence-electron chi connectivity index (χ1n) is 11.0. The van der Waals surface area contributed by atoms with Gasteiger partial charge in [-0.25, -0.2) is 9.97 Å². The molecule has 0 bridgehead atoms. The van der Waals surface area contributed by atoms with Crippen molar-refractivity contribution in [1.29, 1.82) is 0 Å². The number of nitrogens with one attached hydrogen (secondary N) is 1. The molecule has 0 aliphatic rings. The number of benzene rings is 1. The van der Waals surface area contributed by atoms with Crippen molar-refractivity contribution in [2.75, 3.05) is 11.9 Å². The number of nitrogens with zero attached hydrogens (tertiary/aromatic N) is 3. The molecule has 0 spiro atoms. The van der Waals surface area contributed by atoms with Crippen LogP contribution < -0.4 is 10.1 Å². The van der Waals surface area contributed by atoms with Crippen LogP contribution in [0.3, 0.4) is 0 Å². The second-order valence-electron chi connectivity index (χ2n) is 9.25. The third-order valence-corrected chi connectivity index (χ3v) is 6.65. The number of hydrogen-bond acceptors (Lipinski definition) is 9. The van der Waals surface area contributed by atoms with Crippen molar-refractivity contribution in [3.63, 3.8) is 0 Å². The van der Waals surface area contributed by atoms with E-state index in [4.69, 9.17) is 4.74 Å². The van der Waals surface area contributed by atoms with Gasteiger partial charge in [-0.3, -0.25) is 9.78 Å². The number of halogens is 3. The number of thioether (sulfide) groups is 1. The second-order valence-corrected chi connectivity index (χ2v) is 12.0. The molecule has 2 aromatic heterocycles. The maximum atomic E-state index is 12.5. The van der Waals surface area contributed by atoms with Crippen molar-refractivity contribution in [1.82, 2.24) is 15.0 Å². The Bertz CT molecular complexity index is 1160. The van der Waals surface area contributed by atoms with Gasteiger partial charge in [0.15, 0.2) is 4.34 Å². The summed E-state index contributed by atoms with van der Waals surface area (Å²) < 4.78 is 46.3. The fourth-order valence-corrected chi connectivity index (χ4v) is 5.09. The Morgan fingerprint density at radius 2 is 1.75 bits per heavy atom. The molecule has 194 valence electrons. The highest BCUT2D eigenvalue weighted by atomic mass is 32.2. The standard InChI is InChI=1S/C24H27F3N4O3S2/c1-22(2,3)34-20(32)23(4,5)36-21-31-16(14-35-21)10-11-28-19-13-29-18(12-30-19)15-6-8-17(9-7-15)33-24(25,26)27/h6-9,12-14H,10-11H2,1-5H3,(H,28,30). The molecule has 1 aromatic carbocycles. The lowest BCUT2D eigenvalue weighted by Crippen LogP contribution is -2.36. The van der Waals surface area contributed by atoms with Crippen LogP contribution in [0, 0.1) is 0 Å². The summed E-state index contributed by atoms with van der Waals surface area (Å²) in [6, 6.07) is 5.43. The van der Waals surface area contributed by atoms with Crippen LogP contribution in [0.1, 0.15) is 40.3 Å². The quantitative estimate of drug-likeness (QED) is 0.248. The molecule has 0 saturated heterocycles. The van der Waals surface area contributed by atoms with Crippen LogP contribution in [-0.4, -0.2) is 44.2 Å². The van der Waals surface area contributed by atoms with Gasteiger partial charge in [0.05, 0.1) is 23.8 Å². The van der Waals surface area contributed by atoms with Crippen LogP contribution in [0.2, 0.25) is 0 Å². The van der Waals surface area contributed by atoms with Crippen molar-refractivity contribution in [3.8, 4) is 17.0 Å². The minimum absolute atomic E-state index is 0.286. The number of carbonyl (C=O) groups excluding carboxylic acids is 1. The normalized spacial score (nSPS) is 12.3. The van der Waals surface area contributed by atoms with Crippen LogP contribution in [0.4, 0.5) is 19.0 Å². The number of thiazole rings is 1. The van der Waals surface area contributed by atoms with Gasteiger partial charge in [-0.1, -0.05) is 11.8 Å². The molecular weight excluding hydrogens is 513 g/mol. The van der Waals surface area contributed by atoms with Crippen molar-refractivity contribution in [2.45, 2.75) is 62.1 Å². The molecule has 3 aromatic rings. The Hall–Kier alpha value is -2.86. The summed E-state index contributed by atoms with van der Waals surface area (Å²) in [6.45, 7) is 9.73. The van der Waals surface area contributed by atoms with E-state index in [1.165, 1.54) is 53.6 Å². The number of alkyl halides is 3. The van der Waals surface area contributed by atoms with E-state index < -0.39 is 16.7 Å². The molecule has 3 rings (SSSR count). The van der Waals surface area contributed by atoms with Crippen molar-refractivity contribution < 1.29 is 27.4 Å². The highest BCUT2D eigenvalue weighted by Crippen LogP contribution is 2.36. The van der Waals surface area contributed by atoms with E-state index in [1.807, 2.05) is 40.0 Å². The van der Waals surface area contributed by atoms with Gasteiger partial charge in [-0.2, -0.15) is 0 Å². The minimum Gasteiger partial charge on any atom is -0.459 e. The van der Waals surface area contributed by atoms with Crippen LogP contribution >= 0.6 is 23.1 Å². The Labute approximate surface area is 215 Å². The summed E-state index contributed by atoms with van der Waals surface area (Å²) in [6.07, 6.45) is -0.988. The maximum absolute atomic E-state index is 12.5. The maximum Gasteiger partial charge on any atom is 0.573 e. The molecule has 0 unspecified atom stereocenters. The van der Waals surface area contributed by atoms with Gasteiger partial charge in [0.2, 0.25) is 0 Å². The topological polar surface area (TPSA) is 86.2 Å². The SMILES string of the molecule is CC(C)(C)OC(=O)C(C)(C)Sc1nc(CCNc2cnc(-c3ccc(OC(F)(F)F)cc3)cn2)cs1. The van der Waals surface area contributed by atoms with Gasteiger partial charge in [0, 0.05) is 23.9 Å². The Morgan fingerprint density at radius 3 is 2.33 bits per heavy atom. The molecule has 0 aliphatic heterocycles. The molecule has 0 amide bonds. The molecule has 36 heavy (non-hydrogen) atoms. The highest BCUT2D eigenvalue weighted by molar-refractivity contribution is 8.03. The number of esters is 1. The lowest BCUT2D eigenvalue weighted by Gasteiger charge is -2.27. The van der Waals surface area contributed by atoms with Crippen LogP contribution in [0.5, 0.6) is 5.75 Å². The van der Waals surface area contributed by atoms with Crippen molar-refractivity contribution in [3.05, 3.63) is 47.7 Å². The monoisotopic (exact) mass is 540 g/mol. The fraction of sp³-hybridized carbons (Fsp3) is 0.417. The summed E-state index contributed by atoms with van der Waals surface area (Å²) in [4.78, 5) is 25.7. The van der Waals surface area contributed by atoms with E-state index in [9.17, 15) is 18.0 Å². The predicted molar refractivity (Wildman–Crippen MR) is 134 cm³/mol. The third-order valence-electron chi connectivity index (χ3n) is 4.49. The van der Waals surface area contributed by atoms with Crippen LogP contribution in [-0.2, 0) is 16.0 Å². The molecule has 0 atom stereocenters. The number of ether oxygens (including phenoxy) is 2. The molecule has 2 heterocycles. The summed E-state index contributed by atoms with van der Waals surface area (Å²) in [5.41, 5.74) is 1.48. The summed E-state index contributed by atoms with van der Waals surface area (Å²) in [5, 5.41) is 5.13. The average Bonchev–Trinajstić information content (AvgIpc) is 3.19. The van der Waals surface area contributed by atoms with Crippen molar-refractivity contribution >= 4 is 34.9 Å². The number of hydrogen-bond donors (Lipinski definition) is 1. The van der Waals surface area contributed by atoms with Gasteiger partial charge >= 0.3 is 12.3 Å². The molecule has 7 nitrogen and oxygen atoms in total. The van der Waals surface area contributed by atoms with Gasteiger partial charge < -0.3 is 14.8 Å². The molecule has 0 aliphatic carbocycles. The summed E-state index contributed by atoms with van der Waals surface area (Å²) in [7, 11) is 0. The van der Waals surface area contributed by atoms with Gasteiger partial charge in [0.1, 0.15) is 21.9 Å². The molecule has 0 fully saturated rings. The van der Waals surface area contributed by atoms with Crippen molar-refractivity contribution in [2.24, 2.45) is 0 Å². The van der Waals surface area contributed by atoms with E-state index in [2.05, 4.69) is 25.0 Å². The Kier molecular flexibility index (Phi) is 8.50. The molecule has 1 N–H and O–H groups in total. The number of aromatic nitrogens is 3. The highest BCUT2D eigenvalue weighted by Gasteiger charge is 2.34. The smallest absolute Gasteiger partial charge is 0.459 e. The fourth-order valence-electron chi connectivity index (χ4n) is 2.83. The lowest BCUT2D eigenvalue weighted by atomic mass is 10.1. The minimum atomic E-state index is -4.73. The largest absolute Gasteiger partial charge is 0.573 e. The van der Waals surface area contributed by atoms with Gasteiger partial charge in [-0.05, 0) is 58.9 Å². The first kappa shape index (κ1) is 27.7. The lowest BCUT2D eigenvalue weighted by molar-refractivity contribution is -0.274. The van der Waals surface area contributed by atoms with Crippen LogP contribution in [0.25, 0.3) is 11.3 Å². The zero-order chi connectivity index (χ0) is 26.6. The summed E-state index contributed by atoms with van der Waals surface area (Å²) in [5.74, 6) is -0.0211. The average molecular weight is 541 g/mol. The Morgan fingerprint density at radius 1 is 1.06 bits per heavy atom. The Balaban J connectivity index is 1.49. The van der Waals surface area contributed by atoms with E-state index in [-0.39, 0.29) is 11.7 Å². The molecule has 0 radical (unpaired) electrons. The predicted octanol–water partition coefficient (Wildman–Crippen LogP) is 6.37. The van der Waals surface area contributed by atoms with E-state index in [0.29, 0.717) is 30.0 Å². The van der Waals surface area contributed by atoms with E-state index in [0.717, 1.165) is 10.0 Å². The summed E-state index contributed by atoms with van der Waals surface area (Å²) >= 11 is 2.85. The second kappa shape index (κ2) is 11.0. The molecule has 0 saturated carbocycles. The first-order valence-corrected chi connectivity index (χ1v) is 12.7. The zero-order valence-corrected chi connectivity index (χ0v) is 22.1. The third kappa shape index (κ3) is 8.66. The van der Waals surface area contributed by atoms with Gasteiger partial charge in [-0.15, -0.1) is 24.5 Å². The number of anilines is 1. The number of rotatable bonds is 9. The van der Waals surface area contributed by atoms with Gasteiger partial charge in [0.25, 0.3) is 0 Å². The molecule has 12 heteroatoms. The first-order chi connectivity index (χ1) is 16.7. The molecular formula is C24H27F3N4O3S2. The number of carbonyl (C=O) groups is 1. The zero-order valence-electron chi connectivity index (χ0n) is 20.5. The van der Waals surface area contributed by atoms with Crippen LogP contribution in [0.15, 0.2) is 46.4 Å². The van der Waals surface area contributed by atoms with E-state index in [1.54, 1.807) is 6.20 Å².